The fourth-order valence-electron chi connectivity index (χ4n) is 0.248. The summed E-state index contributed by atoms with van der Waals surface area (Å²) < 4.78 is 2.46. The Morgan fingerprint density at radius 2 is 2.50 bits per heavy atom. The van der Waals surface area contributed by atoms with Gasteiger partial charge < -0.3 is 5.32 Å². The lowest BCUT2D eigenvalue weighted by atomic mass is 10.6. The highest BCUT2D eigenvalue weighted by atomic mass is 127. The molecule has 0 aliphatic rings. The van der Waals surface area contributed by atoms with Crippen LogP contribution in [0.25, 0.3) is 0 Å². The minimum absolute atomic E-state index is 0.207. The van der Waals surface area contributed by atoms with E-state index in [0.717, 1.165) is 0 Å². The molecular formula is C5H6INO. The molecule has 0 spiro atoms. The fourth-order valence-corrected chi connectivity index (χ4v) is 0.493. The van der Waals surface area contributed by atoms with Crippen LogP contribution in [0.3, 0.4) is 0 Å². The first-order valence-corrected chi connectivity index (χ1v) is 3.28. The van der Waals surface area contributed by atoms with Gasteiger partial charge in [-0.15, -0.1) is 0 Å². The molecule has 2 nitrogen and oxygen atoms in total. The minimum Gasteiger partial charge on any atom is -0.346 e. The molecule has 0 aliphatic heterocycles. The van der Waals surface area contributed by atoms with E-state index in [9.17, 15) is 4.79 Å². The van der Waals surface area contributed by atoms with E-state index in [4.69, 9.17) is 0 Å². The number of carbonyl (C=O) groups is 1. The maximum atomic E-state index is 10.4. The van der Waals surface area contributed by atoms with Crippen LogP contribution in [0, 0.1) is 9.85 Å². The summed E-state index contributed by atoms with van der Waals surface area (Å²) >= 11 is 1.82. The van der Waals surface area contributed by atoms with Gasteiger partial charge in [0.05, 0.1) is 0 Å². The van der Waals surface area contributed by atoms with E-state index in [-0.39, 0.29) is 5.91 Å². The molecule has 0 atom stereocenters. The van der Waals surface area contributed by atoms with Crippen molar-refractivity contribution < 1.29 is 4.79 Å². The number of halogens is 1. The molecule has 1 amide bonds. The number of hydrogen-bond acceptors (Lipinski definition) is 1. The van der Waals surface area contributed by atoms with E-state index in [0.29, 0.717) is 6.54 Å². The third-order valence-electron chi connectivity index (χ3n) is 0.498. The lowest BCUT2D eigenvalue weighted by Crippen LogP contribution is -2.20. The van der Waals surface area contributed by atoms with Crippen LogP contribution in [-0.4, -0.2) is 12.5 Å². The summed E-state index contributed by atoms with van der Waals surface area (Å²) in [5.74, 6) is 2.13. The lowest BCUT2D eigenvalue weighted by Gasteiger charge is -1.88. The zero-order valence-corrected chi connectivity index (χ0v) is 6.65. The third kappa shape index (κ3) is 3.93. The van der Waals surface area contributed by atoms with Gasteiger partial charge in [-0.25, -0.2) is 0 Å². The van der Waals surface area contributed by atoms with Crippen molar-refractivity contribution in [2.24, 2.45) is 0 Å². The van der Waals surface area contributed by atoms with Crippen LogP contribution in [-0.2, 0) is 4.79 Å². The van der Waals surface area contributed by atoms with Crippen LogP contribution in [0.15, 0.2) is 0 Å². The van der Waals surface area contributed by atoms with Crippen molar-refractivity contribution in [2.45, 2.75) is 6.92 Å². The monoisotopic (exact) mass is 223 g/mol. The van der Waals surface area contributed by atoms with Gasteiger partial charge in [0.2, 0.25) is 0 Å². The summed E-state index contributed by atoms with van der Waals surface area (Å²) in [6.07, 6.45) is 0. The van der Waals surface area contributed by atoms with Crippen molar-refractivity contribution in [3.63, 3.8) is 0 Å². The standard InChI is InChI=1S/C5H6INO/c1-2-7-5(8)3-4-6/h2H2,1H3,(H,7,8). The van der Waals surface area contributed by atoms with Crippen molar-refractivity contribution in [1.82, 2.24) is 5.32 Å². The molecule has 0 heterocycles. The first kappa shape index (κ1) is 7.76. The minimum atomic E-state index is -0.207. The molecule has 3 heteroatoms. The normalized spacial score (nSPS) is 6.75. The zero-order valence-electron chi connectivity index (χ0n) is 4.49. The Morgan fingerprint density at radius 3 is 2.88 bits per heavy atom. The highest BCUT2D eigenvalue weighted by Crippen LogP contribution is 1.69. The summed E-state index contributed by atoms with van der Waals surface area (Å²) in [4.78, 5) is 10.4. The van der Waals surface area contributed by atoms with E-state index >= 15 is 0 Å². The summed E-state index contributed by atoms with van der Waals surface area (Å²) in [6.45, 7) is 2.50. The van der Waals surface area contributed by atoms with Crippen LogP contribution in [0.5, 0.6) is 0 Å². The first-order valence-electron chi connectivity index (χ1n) is 2.20. The van der Waals surface area contributed by atoms with Crippen molar-refractivity contribution in [3.8, 4) is 9.85 Å². The number of rotatable bonds is 1. The third-order valence-corrected chi connectivity index (χ3v) is 0.768. The van der Waals surface area contributed by atoms with Gasteiger partial charge in [0.25, 0.3) is 5.91 Å². The summed E-state index contributed by atoms with van der Waals surface area (Å²) in [5.41, 5.74) is 0. The molecule has 0 aromatic rings. The Kier molecular flexibility index (Phi) is 4.76. The molecule has 0 unspecified atom stereocenters. The topological polar surface area (TPSA) is 29.1 Å². The maximum absolute atomic E-state index is 10.4. The summed E-state index contributed by atoms with van der Waals surface area (Å²) in [6, 6.07) is 0. The molecule has 0 saturated carbocycles. The molecule has 44 valence electrons. The Bertz CT molecular complexity index is 133. The van der Waals surface area contributed by atoms with Crippen molar-refractivity contribution in [3.05, 3.63) is 0 Å². The SMILES string of the molecule is CCNC(=O)C#CI. The highest BCUT2D eigenvalue weighted by Gasteiger charge is 1.86. The van der Waals surface area contributed by atoms with Gasteiger partial charge in [0, 0.05) is 35.1 Å². The number of hydrogen-bond donors (Lipinski definition) is 1. The number of amides is 1. The van der Waals surface area contributed by atoms with Crippen molar-refractivity contribution in [1.29, 1.82) is 0 Å². The Hall–Kier alpha value is -0.240. The van der Waals surface area contributed by atoms with Gasteiger partial charge >= 0.3 is 0 Å². The second kappa shape index (κ2) is 4.91. The van der Waals surface area contributed by atoms with Crippen molar-refractivity contribution in [2.75, 3.05) is 6.54 Å². The van der Waals surface area contributed by atoms with Crippen LogP contribution in [0.4, 0.5) is 0 Å². The summed E-state index contributed by atoms with van der Waals surface area (Å²) in [5, 5.41) is 2.53. The van der Waals surface area contributed by atoms with Crippen LogP contribution in [0.2, 0.25) is 0 Å². The van der Waals surface area contributed by atoms with Crippen LogP contribution >= 0.6 is 22.6 Å². The van der Waals surface area contributed by atoms with E-state index in [2.05, 4.69) is 15.2 Å². The second-order valence-electron chi connectivity index (χ2n) is 1.08. The Balaban J connectivity index is 3.44. The Labute approximate surface area is 62.2 Å². The Morgan fingerprint density at radius 1 is 1.88 bits per heavy atom. The molecule has 0 radical (unpaired) electrons. The van der Waals surface area contributed by atoms with E-state index in [1.54, 1.807) is 0 Å². The fraction of sp³-hybridized carbons (Fsp3) is 0.400. The summed E-state index contributed by atoms with van der Waals surface area (Å²) in [7, 11) is 0. The smallest absolute Gasteiger partial charge is 0.296 e. The van der Waals surface area contributed by atoms with Crippen LogP contribution < -0.4 is 5.32 Å². The second-order valence-corrected chi connectivity index (χ2v) is 1.62. The van der Waals surface area contributed by atoms with Gasteiger partial charge in [-0.05, 0) is 10.9 Å². The molecule has 0 aromatic carbocycles. The zero-order chi connectivity index (χ0) is 6.41. The molecule has 0 aromatic heterocycles. The quantitative estimate of drug-likeness (QED) is 0.509. The predicted molar refractivity (Wildman–Crippen MR) is 40.5 cm³/mol. The first-order chi connectivity index (χ1) is 3.81. The lowest BCUT2D eigenvalue weighted by molar-refractivity contribution is -0.115. The average Bonchev–Trinajstić information content (AvgIpc) is 1.68. The maximum Gasteiger partial charge on any atom is 0.296 e. The molecule has 0 bridgehead atoms. The molecule has 0 fully saturated rings. The largest absolute Gasteiger partial charge is 0.346 e. The molecule has 8 heavy (non-hydrogen) atoms. The molecule has 0 rings (SSSR count). The molecule has 0 saturated heterocycles. The average molecular weight is 223 g/mol. The van der Waals surface area contributed by atoms with Crippen LogP contribution in [0.1, 0.15) is 6.92 Å². The van der Waals surface area contributed by atoms with Gasteiger partial charge in [0.1, 0.15) is 0 Å². The number of carbonyl (C=O) groups excluding carboxylic acids is 1. The van der Waals surface area contributed by atoms with E-state index < -0.39 is 0 Å². The van der Waals surface area contributed by atoms with E-state index in [1.807, 2.05) is 29.5 Å². The highest BCUT2D eigenvalue weighted by molar-refractivity contribution is 14.1. The molecule has 0 aliphatic carbocycles. The van der Waals surface area contributed by atoms with Gasteiger partial charge in [-0.2, -0.15) is 0 Å². The van der Waals surface area contributed by atoms with Gasteiger partial charge in [-0.3, -0.25) is 4.79 Å². The molecule has 1 N–H and O–H groups in total. The van der Waals surface area contributed by atoms with Gasteiger partial charge in [0.15, 0.2) is 0 Å². The van der Waals surface area contributed by atoms with Gasteiger partial charge in [-0.1, -0.05) is 0 Å². The van der Waals surface area contributed by atoms with Crippen molar-refractivity contribution >= 4 is 28.5 Å². The van der Waals surface area contributed by atoms with E-state index in [1.165, 1.54) is 0 Å². The molecular weight excluding hydrogens is 217 g/mol. The predicted octanol–water partition coefficient (Wildman–Crippen LogP) is 0.518. The number of nitrogens with one attached hydrogen (secondary N) is 1.